The van der Waals surface area contributed by atoms with Gasteiger partial charge in [0.05, 0.1) is 6.61 Å². The average Bonchev–Trinajstić information content (AvgIpc) is 2.70. The topological polar surface area (TPSA) is 69.7 Å². The van der Waals surface area contributed by atoms with E-state index < -0.39 is 11.8 Å². The van der Waals surface area contributed by atoms with E-state index in [0.717, 1.165) is 11.3 Å². The Morgan fingerprint density at radius 3 is 2.19 bits per heavy atom. The summed E-state index contributed by atoms with van der Waals surface area (Å²) in [7, 11) is 0. The normalized spacial score (nSPS) is 10.3. The maximum atomic E-state index is 12.1. The van der Waals surface area contributed by atoms with E-state index in [4.69, 9.17) is 9.47 Å². The van der Waals surface area contributed by atoms with Gasteiger partial charge in [-0.15, -0.1) is 0 Å². The number of carbonyl (C=O) groups is 3. The quantitative estimate of drug-likeness (QED) is 0.258. The Balaban J connectivity index is 1.65. The predicted molar refractivity (Wildman–Crippen MR) is 102 cm³/mol. The van der Waals surface area contributed by atoms with Gasteiger partial charge in [0.25, 0.3) is 0 Å². The first kappa shape index (κ1) is 20.4. The fourth-order valence-corrected chi connectivity index (χ4v) is 2.52. The standard InChI is InChI=1S/C22H24O5/c1-2-26-19-14-12-18(13-15-19)20(23)10-6-7-11-21(24)22(25)27-16-17-8-4-3-5-9-17/h3-5,8-9,12-15H,2,6-7,10-11,16H2,1H3. The third-order valence-electron chi connectivity index (χ3n) is 3.99. The molecule has 0 bridgehead atoms. The van der Waals surface area contributed by atoms with Crippen LogP contribution in [0.3, 0.4) is 0 Å². The molecule has 0 heterocycles. The molecule has 0 radical (unpaired) electrons. The van der Waals surface area contributed by atoms with Crippen molar-refractivity contribution >= 4 is 17.5 Å². The van der Waals surface area contributed by atoms with Crippen molar-refractivity contribution in [3.8, 4) is 5.75 Å². The number of rotatable bonds is 11. The Hall–Kier alpha value is -2.95. The van der Waals surface area contributed by atoms with Crippen molar-refractivity contribution in [2.75, 3.05) is 6.61 Å². The molecule has 27 heavy (non-hydrogen) atoms. The highest BCUT2D eigenvalue weighted by Gasteiger charge is 2.15. The largest absolute Gasteiger partial charge is 0.494 e. The van der Waals surface area contributed by atoms with E-state index in [2.05, 4.69) is 0 Å². The number of esters is 1. The first-order chi connectivity index (χ1) is 13.1. The third-order valence-corrected chi connectivity index (χ3v) is 3.99. The molecule has 5 nitrogen and oxygen atoms in total. The van der Waals surface area contributed by atoms with Crippen molar-refractivity contribution in [2.45, 2.75) is 39.2 Å². The van der Waals surface area contributed by atoms with Gasteiger partial charge in [-0.1, -0.05) is 30.3 Å². The smallest absolute Gasteiger partial charge is 0.374 e. The first-order valence-corrected chi connectivity index (χ1v) is 9.10. The Morgan fingerprint density at radius 1 is 0.852 bits per heavy atom. The van der Waals surface area contributed by atoms with Gasteiger partial charge in [-0.05, 0) is 49.6 Å². The van der Waals surface area contributed by atoms with Gasteiger partial charge in [0.1, 0.15) is 12.4 Å². The van der Waals surface area contributed by atoms with Gasteiger partial charge in [0.2, 0.25) is 5.78 Å². The van der Waals surface area contributed by atoms with Crippen LogP contribution in [0.2, 0.25) is 0 Å². The van der Waals surface area contributed by atoms with Gasteiger partial charge in [-0.3, -0.25) is 9.59 Å². The molecule has 0 atom stereocenters. The second-order valence-corrected chi connectivity index (χ2v) is 6.07. The van der Waals surface area contributed by atoms with Crippen LogP contribution in [-0.2, 0) is 20.9 Å². The van der Waals surface area contributed by atoms with Crippen LogP contribution in [0.1, 0.15) is 48.5 Å². The monoisotopic (exact) mass is 368 g/mol. The Kier molecular flexibility index (Phi) is 8.23. The lowest BCUT2D eigenvalue weighted by molar-refractivity contribution is -0.154. The molecular weight excluding hydrogens is 344 g/mol. The molecule has 0 N–H and O–H groups in total. The van der Waals surface area contributed by atoms with Crippen molar-refractivity contribution in [3.63, 3.8) is 0 Å². The number of Topliss-reactive ketones (excluding diaryl/α,β-unsaturated/α-hetero) is 2. The maximum absolute atomic E-state index is 12.1. The number of unbranched alkanes of at least 4 members (excludes halogenated alkanes) is 1. The van der Waals surface area contributed by atoms with E-state index >= 15 is 0 Å². The van der Waals surface area contributed by atoms with Crippen LogP contribution in [0, 0.1) is 0 Å². The van der Waals surface area contributed by atoms with Crippen LogP contribution >= 0.6 is 0 Å². The van der Waals surface area contributed by atoms with E-state index in [0.29, 0.717) is 31.4 Å². The molecule has 0 fully saturated rings. The van der Waals surface area contributed by atoms with Crippen LogP contribution in [0.4, 0.5) is 0 Å². The van der Waals surface area contributed by atoms with Gasteiger partial charge in [-0.2, -0.15) is 0 Å². The molecule has 142 valence electrons. The summed E-state index contributed by atoms with van der Waals surface area (Å²) in [6, 6.07) is 16.2. The zero-order valence-electron chi connectivity index (χ0n) is 15.5. The molecule has 0 unspecified atom stereocenters. The molecular formula is C22H24O5. The van der Waals surface area contributed by atoms with Gasteiger partial charge in [-0.25, -0.2) is 4.79 Å². The molecule has 2 rings (SSSR count). The Labute approximate surface area is 159 Å². The lowest BCUT2D eigenvalue weighted by atomic mass is 10.0. The number of hydrogen-bond donors (Lipinski definition) is 0. The van der Waals surface area contributed by atoms with E-state index in [1.54, 1.807) is 24.3 Å². The lowest BCUT2D eigenvalue weighted by Crippen LogP contribution is -2.17. The molecule has 0 aliphatic carbocycles. The average molecular weight is 368 g/mol. The zero-order valence-corrected chi connectivity index (χ0v) is 15.5. The maximum Gasteiger partial charge on any atom is 0.374 e. The summed E-state index contributed by atoms with van der Waals surface area (Å²) in [6.07, 6.45) is 1.44. The molecule has 2 aromatic carbocycles. The van der Waals surface area contributed by atoms with Crippen LogP contribution in [0.15, 0.2) is 54.6 Å². The lowest BCUT2D eigenvalue weighted by Gasteiger charge is -2.05. The SMILES string of the molecule is CCOc1ccc(C(=O)CCCCC(=O)C(=O)OCc2ccccc2)cc1. The highest BCUT2D eigenvalue weighted by Crippen LogP contribution is 2.15. The van der Waals surface area contributed by atoms with Crippen LogP contribution in [0.25, 0.3) is 0 Å². The molecule has 2 aromatic rings. The molecule has 0 aromatic heterocycles. The molecule has 0 spiro atoms. The molecule has 0 aliphatic heterocycles. The number of ether oxygens (including phenoxy) is 2. The number of hydrogen-bond acceptors (Lipinski definition) is 5. The Bertz CT molecular complexity index is 750. The minimum Gasteiger partial charge on any atom is -0.494 e. The summed E-state index contributed by atoms with van der Waals surface area (Å²) >= 11 is 0. The fourth-order valence-electron chi connectivity index (χ4n) is 2.52. The van der Waals surface area contributed by atoms with Crippen LogP contribution in [0.5, 0.6) is 5.75 Å². The van der Waals surface area contributed by atoms with Gasteiger partial charge in [0, 0.05) is 18.4 Å². The van der Waals surface area contributed by atoms with E-state index in [1.165, 1.54) is 0 Å². The van der Waals surface area contributed by atoms with Crippen molar-refractivity contribution in [2.24, 2.45) is 0 Å². The molecule has 0 amide bonds. The molecule has 0 aliphatic rings. The molecule has 5 heteroatoms. The number of ketones is 2. The van der Waals surface area contributed by atoms with Crippen molar-refractivity contribution in [1.29, 1.82) is 0 Å². The third kappa shape index (κ3) is 7.05. The first-order valence-electron chi connectivity index (χ1n) is 9.10. The minimum absolute atomic E-state index is 0.0113. The van der Waals surface area contributed by atoms with Gasteiger partial charge >= 0.3 is 5.97 Å². The van der Waals surface area contributed by atoms with Crippen LogP contribution in [-0.4, -0.2) is 24.1 Å². The van der Waals surface area contributed by atoms with Gasteiger partial charge < -0.3 is 9.47 Å². The number of benzene rings is 2. The number of carbonyl (C=O) groups excluding carboxylic acids is 3. The molecule has 0 saturated heterocycles. The van der Waals surface area contributed by atoms with E-state index in [9.17, 15) is 14.4 Å². The highest BCUT2D eigenvalue weighted by molar-refractivity contribution is 6.33. The molecule has 0 saturated carbocycles. The second kappa shape index (κ2) is 10.9. The van der Waals surface area contributed by atoms with Crippen molar-refractivity contribution < 1.29 is 23.9 Å². The zero-order chi connectivity index (χ0) is 19.5. The van der Waals surface area contributed by atoms with E-state index in [-0.39, 0.29) is 18.8 Å². The summed E-state index contributed by atoms with van der Waals surface area (Å²) in [5, 5.41) is 0. The van der Waals surface area contributed by atoms with Gasteiger partial charge in [0.15, 0.2) is 5.78 Å². The minimum atomic E-state index is -0.823. The van der Waals surface area contributed by atoms with Crippen molar-refractivity contribution in [3.05, 3.63) is 65.7 Å². The van der Waals surface area contributed by atoms with Crippen molar-refractivity contribution in [1.82, 2.24) is 0 Å². The summed E-state index contributed by atoms with van der Waals surface area (Å²) in [5.41, 5.74) is 1.45. The fraction of sp³-hybridized carbons (Fsp3) is 0.318. The van der Waals surface area contributed by atoms with Crippen LogP contribution < -0.4 is 4.74 Å². The van der Waals surface area contributed by atoms with E-state index in [1.807, 2.05) is 37.3 Å². The Morgan fingerprint density at radius 2 is 1.52 bits per heavy atom. The second-order valence-electron chi connectivity index (χ2n) is 6.07. The summed E-state index contributed by atoms with van der Waals surface area (Å²) < 4.78 is 10.3. The predicted octanol–water partition coefficient (Wildman–Crippen LogP) is 4.14. The summed E-state index contributed by atoms with van der Waals surface area (Å²) in [4.78, 5) is 35.6. The highest BCUT2D eigenvalue weighted by atomic mass is 16.5. The summed E-state index contributed by atoms with van der Waals surface area (Å²) in [5.74, 6) is -0.637. The summed E-state index contributed by atoms with van der Waals surface area (Å²) in [6.45, 7) is 2.56.